The normalized spacial score (nSPS) is 19.7. The molecule has 0 saturated carbocycles. The summed E-state index contributed by atoms with van der Waals surface area (Å²) < 4.78 is 12.8. The second kappa shape index (κ2) is 7.20. The summed E-state index contributed by atoms with van der Waals surface area (Å²) in [5.74, 6) is 0.195. The number of amides is 1. The van der Waals surface area contributed by atoms with Gasteiger partial charge in [0.1, 0.15) is 5.82 Å². The topological polar surface area (TPSA) is 41.1 Å². The third kappa shape index (κ3) is 4.46. The first kappa shape index (κ1) is 14.7. The van der Waals surface area contributed by atoms with Crippen LogP contribution < -0.4 is 10.6 Å². The zero-order chi connectivity index (χ0) is 14.4. The Morgan fingerprint density at radius 2 is 2.20 bits per heavy atom. The van der Waals surface area contributed by atoms with Gasteiger partial charge in [0.15, 0.2) is 0 Å². The first-order chi connectivity index (χ1) is 9.65. The van der Waals surface area contributed by atoms with E-state index < -0.39 is 0 Å². The molecular formula is C16H21FN2O. The molecule has 2 N–H and O–H groups in total. The second-order valence-electron chi connectivity index (χ2n) is 5.30. The molecule has 1 unspecified atom stereocenters. The average molecular weight is 276 g/mol. The molecule has 1 saturated heterocycles. The molecule has 1 fully saturated rings. The van der Waals surface area contributed by atoms with Gasteiger partial charge in [0.25, 0.3) is 0 Å². The van der Waals surface area contributed by atoms with E-state index >= 15 is 0 Å². The van der Waals surface area contributed by atoms with Gasteiger partial charge in [-0.15, -0.1) is 0 Å². The van der Waals surface area contributed by atoms with Crippen molar-refractivity contribution in [3.05, 3.63) is 41.2 Å². The molecule has 1 amide bonds. The number of rotatable bonds is 4. The number of nitrogens with one attached hydrogen (secondary N) is 2. The SMILES string of the molecule is C/C(=C\c1ccc(F)cc1)C(=O)NCC1CCCNC1. The van der Waals surface area contributed by atoms with Crippen LogP contribution in [-0.4, -0.2) is 25.5 Å². The van der Waals surface area contributed by atoms with Crippen molar-refractivity contribution in [1.82, 2.24) is 10.6 Å². The van der Waals surface area contributed by atoms with E-state index in [0.29, 0.717) is 18.0 Å². The van der Waals surface area contributed by atoms with Gasteiger partial charge in [-0.3, -0.25) is 4.79 Å². The fourth-order valence-electron chi connectivity index (χ4n) is 2.35. The Bertz CT molecular complexity index is 476. The Balaban J connectivity index is 1.86. The van der Waals surface area contributed by atoms with Crippen molar-refractivity contribution >= 4 is 12.0 Å². The highest BCUT2D eigenvalue weighted by Crippen LogP contribution is 2.10. The van der Waals surface area contributed by atoms with Crippen LogP contribution in [0.4, 0.5) is 4.39 Å². The fourth-order valence-corrected chi connectivity index (χ4v) is 2.35. The van der Waals surface area contributed by atoms with E-state index in [1.807, 2.05) is 0 Å². The number of carbonyl (C=O) groups excluding carboxylic acids is 1. The first-order valence-electron chi connectivity index (χ1n) is 7.08. The number of benzene rings is 1. The molecule has 108 valence electrons. The van der Waals surface area contributed by atoms with Gasteiger partial charge < -0.3 is 10.6 Å². The number of carbonyl (C=O) groups is 1. The van der Waals surface area contributed by atoms with E-state index in [-0.39, 0.29) is 11.7 Å². The molecule has 1 aromatic carbocycles. The van der Waals surface area contributed by atoms with Crippen molar-refractivity contribution in [3.63, 3.8) is 0 Å². The third-order valence-electron chi connectivity index (χ3n) is 3.56. The molecule has 0 aliphatic carbocycles. The number of piperidine rings is 1. The molecule has 1 heterocycles. The molecule has 0 radical (unpaired) electrons. The van der Waals surface area contributed by atoms with E-state index in [2.05, 4.69) is 10.6 Å². The molecular weight excluding hydrogens is 255 g/mol. The summed E-state index contributed by atoms with van der Waals surface area (Å²) in [4.78, 5) is 12.0. The summed E-state index contributed by atoms with van der Waals surface area (Å²) in [6, 6.07) is 6.11. The van der Waals surface area contributed by atoms with Gasteiger partial charge in [-0.1, -0.05) is 12.1 Å². The maximum Gasteiger partial charge on any atom is 0.246 e. The standard InChI is InChI=1S/C16H21FN2O/c1-12(9-13-4-6-15(17)7-5-13)16(20)19-11-14-3-2-8-18-10-14/h4-7,9,14,18H,2-3,8,10-11H2,1H3,(H,19,20)/b12-9+. The Labute approximate surface area is 119 Å². The molecule has 0 bridgehead atoms. The van der Waals surface area contributed by atoms with Crippen LogP contribution in [0, 0.1) is 11.7 Å². The monoisotopic (exact) mass is 276 g/mol. The van der Waals surface area contributed by atoms with Crippen LogP contribution in [0.5, 0.6) is 0 Å². The van der Waals surface area contributed by atoms with E-state index in [1.54, 1.807) is 25.1 Å². The van der Waals surface area contributed by atoms with Gasteiger partial charge in [-0.05, 0) is 62.5 Å². The van der Waals surface area contributed by atoms with Crippen LogP contribution in [0.2, 0.25) is 0 Å². The molecule has 4 heteroatoms. The lowest BCUT2D eigenvalue weighted by molar-refractivity contribution is -0.117. The fraction of sp³-hybridized carbons (Fsp3) is 0.438. The molecule has 0 spiro atoms. The lowest BCUT2D eigenvalue weighted by atomic mass is 9.99. The summed E-state index contributed by atoms with van der Waals surface area (Å²) in [6.07, 6.45) is 4.10. The zero-order valence-electron chi connectivity index (χ0n) is 11.8. The summed E-state index contributed by atoms with van der Waals surface area (Å²) in [7, 11) is 0. The minimum atomic E-state index is -0.269. The molecule has 0 aromatic heterocycles. The highest BCUT2D eigenvalue weighted by atomic mass is 19.1. The maximum atomic E-state index is 12.8. The van der Waals surface area contributed by atoms with Crippen molar-refractivity contribution in [1.29, 1.82) is 0 Å². The minimum Gasteiger partial charge on any atom is -0.352 e. The lowest BCUT2D eigenvalue weighted by Gasteiger charge is -2.22. The molecule has 20 heavy (non-hydrogen) atoms. The van der Waals surface area contributed by atoms with Gasteiger partial charge in [0.05, 0.1) is 0 Å². The number of hydrogen-bond donors (Lipinski definition) is 2. The Hall–Kier alpha value is -1.68. The van der Waals surface area contributed by atoms with Crippen molar-refractivity contribution in [2.24, 2.45) is 5.92 Å². The van der Waals surface area contributed by atoms with Gasteiger partial charge in [0.2, 0.25) is 5.91 Å². The summed E-state index contributed by atoms with van der Waals surface area (Å²) >= 11 is 0. The Morgan fingerprint density at radius 3 is 2.85 bits per heavy atom. The molecule has 3 nitrogen and oxygen atoms in total. The highest BCUT2D eigenvalue weighted by Gasteiger charge is 2.14. The number of halogens is 1. The summed E-state index contributed by atoms with van der Waals surface area (Å²) in [5.41, 5.74) is 1.47. The molecule has 1 aliphatic rings. The van der Waals surface area contributed by atoms with Crippen LogP contribution in [0.1, 0.15) is 25.3 Å². The third-order valence-corrected chi connectivity index (χ3v) is 3.56. The van der Waals surface area contributed by atoms with E-state index in [9.17, 15) is 9.18 Å². The Morgan fingerprint density at radius 1 is 1.45 bits per heavy atom. The predicted molar refractivity (Wildman–Crippen MR) is 78.7 cm³/mol. The smallest absolute Gasteiger partial charge is 0.246 e. The molecule has 2 rings (SSSR count). The van der Waals surface area contributed by atoms with E-state index in [4.69, 9.17) is 0 Å². The lowest BCUT2D eigenvalue weighted by Crippen LogP contribution is -2.38. The van der Waals surface area contributed by atoms with Crippen molar-refractivity contribution in [2.45, 2.75) is 19.8 Å². The molecule has 1 aromatic rings. The van der Waals surface area contributed by atoms with E-state index in [1.165, 1.54) is 18.6 Å². The maximum absolute atomic E-state index is 12.8. The molecule has 1 aliphatic heterocycles. The summed E-state index contributed by atoms with van der Waals surface area (Å²) in [6.45, 7) is 4.53. The minimum absolute atomic E-state index is 0.0556. The van der Waals surface area contributed by atoms with Crippen molar-refractivity contribution < 1.29 is 9.18 Å². The van der Waals surface area contributed by atoms with Crippen LogP contribution in [0.15, 0.2) is 29.8 Å². The molecule has 1 atom stereocenters. The predicted octanol–water partition coefficient (Wildman–Crippen LogP) is 2.34. The van der Waals surface area contributed by atoms with Crippen LogP contribution in [0.3, 0.4) is 0 Å². The van der Waals surface area contributed by atoms with Gasteiger partial charge in [-0.25, -0.2) is 4.39 Å². The van der Waals surface area contributed by atoms with Crippen molar-refractivity contribution in [2.75, 3.05) is 19.6 Å². The van der Waals surface area contributed by atoms with Crippen LogP contribution >= 0.6 is 0 Å². The van der Waals surface area contributed by atoms with Crippen LogP contribution in [0.25, 0.3) is 6.08 Å². The van der Waals surface area contributed by atoms with Gasteiger partial charge in [0, 0.05) is 12.1 Å². The van der Waals surface area contributed by atoms with Crippen LogP contribution in [-0.2, 0) is 4.79 Å². The second-order valence-corrected chi connectivity index (χ2v) is 5.30. The highest BCUT2D eigenvalue weighted by molar-refractivity contribution is 5.97. The van der Waals surface area contributed by atoms with Crippen molar-refractivity contribution in [3.8, 4) is 0 Å². The summed E-state index contributed by atoms with van der Waals surface area (Å²) in [5, 5.41) is 6.29. The zero-order valence-corrected chi connectivity index (χ0v) is 11.8. The quantitative estimate of drug-likeness (QED) is 0.829. The first-order valence-corrected chi connectivity index (χ1v) is 7.08. The van der Waals surface area contributed by atoms with E-state index in [0.717, 1.165) is 25.1 Å². The Kier molecular flexibility index (Phi) is 5.30. The number of hydrogen-bond acceptors (Lipinski definition) is 2. The van der Waals surface area contributed by atoms with Gasteiger partial charge >= 0.3 is 0 Å². The largest absolute Gasteiger partial charge is 0.352 e. The average Bonchev–Trinajstić information content (AvgIpc) is 2.48. The van der Waals surface area contributed by atoms with Gasteiger partial charge in [-0.2, -0.15) is 0 Å².